The highest BCUT2D eigenvalue weighted by Crippen LogP contribution is 2.19. The van der Waals surface area contributed by atoms with Gasteiger partial charge in [0.05, 0.1) is 0 Å². The first kappa shape index (κ1) is 17.6. The summed E-state index contributed by atoms with van der Waals surface area (Å²) in [5, 5.41) is 15.4. The number of nitrogens with zero attached hydrogens (tertiary/aromatic N) is 3. The number of para-hydroxylation sites is 1. The van der Waals surface area contributed by atoms with Crippen molar-refractivity contribution in [3.63, 3.8) is 0 Å². The number of carbonyl (C=O) groups is 2. The maximum Gasteiger partial charge on any atom is 0.326 e. The summed E-state index contributed by atoms with van der Waals surface area (Å²) in [5.41, 5.74) is 0.179. The largest absolute Gasteiger partial charge is 0.480 e. The van der Waals surface area contributed by atoms with Crippen molar-refractivity contribution in [3.8, 4) is 5.69 Å². The fourth-order valence-corrected chi connectivity index (χ4v) is 2.16. The second-order valence-corrected chi connectivity index (χ2v) is 5.58. The average molecular weight is 334 g/mol. The lowest BCUT2D eigenvalue weighted by atomic mass is 10.2. The molecule has 7 nitrogen and oxygen atoms in total. The first-order valence-electron chi connectivity index (χ1n) is 7.60. The van der Waals surface area contributed by atoms with Crippen LogP contribution in [0.5, 0.6) is 0 Å². The summed E-state index contributed by atoms with van der Waals surface area (Å²) >= 11 is 0. The molecule has 0 fully saturated rings. The minimum absolute atomic E-state index is 0.111. The molecule has 24 heavy (non-hydrogen) atoms. The van der Waals surface area contributed by atoms with E-state index in [1.807, 2.05) is 13.8 Å². The summed E-state index contributed by atoms with van der Waals surface area (Å²) in [6.07, 6.45) is 0.228. The van der Waals surface area contributed by atoms with Gasteiger partial charge in [0.1, 0.15) is 23.4 Å². The molecule has 0 saturated heterocycles. The Morgan fingerprint density at radius 3 is 2.54 bits per heavy atom. The summed E-state index contributed by atoms with van der Waals surface area (Å²) in [6.45, 7) is 5.33. The summed E-state index contributed by atoms with van der Waals surface area (Å²) < 4.78 is 15.3. The van der Waals surface area contributed by atoms with Crippen LogP contribution < -0.4 is 5.32 Å². The molecule has 128 valence electrons. The Morgan fingerprint density at radius 2 is 2.00 bits per heavy atom. The minimum Gasteiger partial charge on any atom is -0.480 e. The van der Waals surface area contributed by atoms with Crippen molar-refractivity contribution in [2.24, 2.45) is 0 Å². The molecule has 0 spiro atoms. The number of halogens is 1. The molecule has 8 heteroatoms. The molecule has 1 unspecified atom stereocenters. The fourth-order valence-electron chi connectivity index (χ4n) is 2.16. The number of carbonyl (C=O) groups excluding carboxylic acids is 1. The molecular formula is C16H19FN4O3. The number of amides is 1. The van der Waals surface area contributed by atoms with Gasteiger partial charge < -0.3 is 10.4 Å². The van der Waals surface area contributed by atoms with Crippen LogP contribution in [0.15, 0.2) is 24.3 Å². The molecule has 2 rings (SSSR count). The van der Waals surface area contributed by atoms with Gasteiger partial charge in [0.15, 0.2) is 0 Å². The third kappa shape index (κ3) is 3.58. The molecule has 0 saturated carbocycles. The molecule has 0 radical (unpaired) electrons. The number of aliphatic carboxylic acids is 1. The predicted molar refractivity (Wildman–Crippen MR) is 84.6 cm³/mol. The Labute approximate surface area is 138 Å². The van der Waals surface area contributed by atoms with Gasteiger partial charge >= 0.3 is 5.97 Å². The number of carboxylic acids is 1. The van der Waals surface area contributed by atoms with Gasteiger partial charge in [0.25, 0.3) is 5.91 Å². The Morgan fingerprint density at radius 1 is 1.33 bits per heavy atom. The van der Waals surface area contributed by atoms with E-state index in [2.05, 4.69) is 15.4 Å². The Bertz CT molecular complexity index is 758. The summed E-state index contributed by atoms with van der Waals surface area (Å²) in [4.78, 5) is 27.4. The number of aromatic nitrogens is 3. The lowest BCUT2D eigenvalue weighted by Crippen LogP contribution is -2.40. The molecule has 2 aromatic rings. The molecule has 0 aliphatic heterocycles. The predicted octanol–water partition coefficient (Wildman–Crippen LogP) is 2.12. The molecule has 1 atom stereocenters. The third-order valence-electron chi connectivity index (χ3n) is 3.44. The molecule has 1 heterocycles. The highest BCUT2D eigenvalue weighted by molar-refractivity contribution is 5.93. The maximum absolute atomic E-state index is 14.0. The lowest BCUT2D eigenvalue weighted by molar-refractivity contribution is -0.139. The van der Waals surface area contributed by atoms with Gasteiger partial charge in [-0.05, 0) is 18.6 Å². The second kappa shape index (κ2) is 7.20. The van der Waals surface area contributed by atoms with Crippen LogP contribution in [0.4, 0.5) is 4.39 Å². The van der Waals surface area contributed by atoms with E-state index < -0.39 is 23.7 Å². The van der Waals surface area contributed by atoms with Crippen molar-refractivity contribution in [1.82, 2.24) is 20.1 Å². The van der Waals surface area contributed by atoms with Gasteiger partial charge in [-0.15, -0.1) is 5.10 Å². The van der Waals surface area contributed by atoms with Gasteiger partial charge in [0.2, 0.25) is 5.82 Å². The zero-order valence-electron chi connectivity index (χ0n) is 13.7. The lowest BCUT2D eigenvalue weighted by Gasteiger charge is -2.10. The monoisotopic (exact) mass is 334 g/mol. The van der Waals surface area contributed by atoms with Crippen molar-refractivity contribution in [1.29, 1.82) is 0 Å². The molecule has 1 aromatic carbocycles. The third-order valence-corrected chi connectivity index (χ3v) is 3.44. The number of hydrogen-bond donors (Lipinski definition) is 2. The van der Waals surface area contributed by atoms with Crippen LogP contribution in [0.3, 0.4) is 0 Å². The second-order valence-electron chi connectivity index (χ2n) is 5.58. The van der Waals surface area contributed by atoms with Crippen molar-refractivity contribution in [2.45, 2.75) is 39.2 Å². The van der Waals surface area contributed by atoms with Crippen molar-refractivity contribution in [3.05, 3.63) is 41.7 Å². The number of nitrogens with one attached hydrogen (secondary N) is 1. The standard InChI is InChI=1S/C16H19FN4O3/c1-4-11(16(23)24)18-15(22)13-19-14(9(2)3)21(20-13)12-8-6-5-7-10(12)17/h5-9,11H,4H2,1-3H3,(H,18,22)(H,23,24). The van der Waals surface area contributed by atoms with Gasteiger partial charge in [-0.1, -0.05) is 32.9 Å². The summed E-state index contributed by atoms with van der Waals surface area (Å²) in [7, 11) is 0. The fraction of sp³-hybridized carbons (Fsp3) is 0.375. The zero-order chi connectivity index (χ0) is 17.9. The van der Waals surface area contributed by atoms with E-state index in [1.165, 1.54) is 16.8 Å². The SMILES string of the molecule is CCC(NC(=O)c1nc(C(C)C)n(-c2ccccc2F)n1)C(=O)O. The highest BCUT2D eigenvalue weighted by Gasteiger charge is 2.24. The zero-order valence-corrected chi connectivity index (χ0v) is 13.7. The average Bonchev–Trinajstić information content (AvgIpc) is 2.98. The normalized spacial score (nSPS) is 12.2. The molecule has 0 aliphatic rings. The first-order valence-corrected chi connectivity index (χ1v) is 7.60. The van der Waals surface area contributed by atoms with E-state index in [9.17, 15) is 14.0 Å². The quantitative estimate of drug-likeness (QED) is 0.843. The van der Waals surface area contributed by atoms with Crippen LogP contribution in [-0.4, -0.2) is 37.8 Å². The van der Waals surface area contributed by atoms with Gasteiger partial charge in [-0.3, -0.25) is 4.79 Å². The topological polar surface area (TPSA) is 97.1 Å². The van der Waals surface area contributed by atoms with Gasteiger partial charge in [-0.2, -0.15) is 0 Å². The van der Waals surface area contributed by atoms with Gasteiger partial charge in [-0.25, -0.2) is 18.9 Å². The molecule has 0 aliphatic carbocycles. The number of carboxylic acid groups (broad SMARTS) is 1. The van der Waals surface area contributed by atoms with E-state index in [4.69, 9.17) is 5.11 Å². The van der Waals surface area contributed by atoms with Crippen LogP contribution in [0.1, 0.15) is 49.6 Å². The van der Waals surface area contributed by atoms with Crippen LogP contribution in [0, 0.1) is 5.82 Å². The van der Waals surface area contributed by atoms with Crippen LogP contribution >= 0.6 is 0 Å². The van der Waals surface area contributed by atoms with Crippen LogP contribution in [0.2, 0.25) is 0 Å². The number of rotatable bonds is 6. The highest BCUT2D eigenvalue weighted by atomic mass is 19.1. The van der Waals surface area contributed by atoms with Crippen LogP contribution in [-0.2, 0) is 4.79 Å². The van der Waals surface area contributed by atoms with Crippen molar-refractivity contribution in [2.75, 3.05) is 0 Å². The van der Waals surface area contributed by atoms with Crippen molar-refractivity contribution < 1.29 is 19.1 Å². The Balaban J connectivity index is 2.40. The number of benzene rings is 1. The maximum atomic E-state index is 14.0. The van der Waals surface area contributed by atoms with Crippen LogP contribution in [0.25, 0.3) is 5.69 Å². The smallest absolute Gasteiger partial charge is 0.326 e. The molecule has 1 amide bonds. The van der Waals surface area contributed by atoms with Gasteiger partial charge in [0, 0.05) is 5.92 Å². The molecular weight excluding hydrogens is 315 g/mol. The van der Waals surface area contributed by atoms with E-state index in [0.29, 0.717) is 5.82 Å². The Kier molecular flexibility index (Phi) is 5.28. The molecule has 2 N–H and O–H groups in total. The van der Waals surface area contributed by atoms with E-state index in [-0.39, 0.29) is 23.9 Å². The van der Waals surface area contributed by atoms with E-state index in [1.54, 1.807) is 19.1 Å². The molecule has 1 aromatic heterocycles. The number of hydrogen-bond acceptors (Lipinski definition) is 4. The summed E-state index contributed by atoms with van der Waals surface area (Å²) in [6, 6.07) is 5.00. The molecule has 0 bridgehead atoms. The summed E-state index contributed by atoms with van der Waals surface area (Å²) in [5.74, 6) is -2.23. The minimum atomic E-state index is -1.14. The first-order chi connectivity index (χ1) is 11.3. The van der Waals surface area contributed by atoms with E-state index in [0.717, 1.165) is 0 Å². The van der Waals surface area contributed by atoms with E-state index >= 15 is 0 Å². The Hall–Kier alpha value is -2.77. The van der Waals surface area contributed by atoms with Crippen molar-refractivity contribution >= 4 is 11.9 Å².